The Labute approximate surface area is 141 Å². The maximum Gasteiger partial charge on any atom is 0.0560 e. The Morgan fingerprint density at radius 3 is 2.62 bits per heavy atom. The number of benzene rings is 2. The molecule has 2 heterocycles. The number of allylic oxidation sites excluding steroid dienone is 1. The summed E-state index contributed by atoms with van der Waals surface area (Å²) in [7, 11) is 0. The average Bonchev–Trinajstić information content (AvgIpc) is 3.16. The number of H-pyrrole nitrogens is 1. The SMILES string of the molecule is C=Cc1c(/C=C\C)[nH]c2c1ccc1c2ccn1-c1ccccc1C. The van der Waals surface area contributed by atoms with Crippen LogP contribution in [0.1, 0.15) is 23.7 Å². The van der Waals surface area contributed by atoms with E-state index >= 15 is 0 Å². The fourth-order valence-electron chi connectivity index (χ4n) is 3.48. The molecule has 2 aromatic heterocycles. The molecule has 4 aromatic rings. The van der Waals surface area contributed by atoms with Crippen molar-refractivity contribution in [2.24, 2.45) is 0 Å². The Hall–Kier alpha value is -3.00. The van der Waals surface area contributed by atoms with E-state index in [2.05, 4.69) is 77.8 Å². The molecule has 4 rings (SSSR count). The van der Waals surface area contributed by atoms with E-state index in [-0.39, 0.29) is 0 Å². The summed E-state index contributed by atoms with van der Waals surface area (Å²) in [4.78, 5) is 3.57. The number of rotatable bonds is 3. The molecule has 0 atom stereocenters. The van der Waals surface area contributed by atoms with E-state index in [1.165, 1.54) is 33.1 Å². The van der Waals surface area contributed by atoms with Crippen LogP contribution in [0.15, 0.2) is 61.3 Å². The average molecular weight is 312 g/mol. The fraction of sp³-hybridized carbons (Fsp3) is 0.0909. The molecule has 0 aliphatic rings. The summed E-state index contributed by atoms with van der Waals surface area (Å²) in [5.41, 5.74) is 7.13. The van der Waals surface area contributed by atoms with Gasteiger partial charge in [-0.25, -0.2) is 0 Å². The highest BCUT2D eigenvalue weighted by atomic mass is 15.0. The number of aryl methyl sites for hydroxylation is 1. The van der Waals surface area contributed by atoms with Crippen LogP contribution in [0.5, 0.6) is 0 Å². The third-order valence-corrected chi connectivity index (χ3v) is 4.62. The Kier molecular flexibility index (Phi) is 3.39. The van der Waals surface area contributed by atoms with Crippen LogP contribution < -0.4 is 0 Å². The normalized spacial score (nSPS) is 11.8. The highest BCUT2D eigenvalue weighted by Crippen LogP contribution is 2.33. The predicted octanol–water partition coefficient (Wildman–Crippen LogP) is 6.10. The fourth-order valence-corrected chi connectivity index (χ4v) is 3.48. The van der Waals surface area contributed by atoms with E-state index in [4.69, 9.17) is 0 Å². The molecule has 2 aromatic carbocycles. The zero-order valence-electron chi connectivity index (χ0n) is 14.0. The molecule has 2 heteroatoms. The van der Waals surface area contributed by atoms with Gasteiger partial charge >= 0.3 is 0 Å². The van der Waals surface area contributed by atoms with Gasteiger partial charge in [0.25, 0.3) is 0 Å². The summed E-state index contributed by atoms with van der Waals surface area (Å²) < 4.78 is 2.26. The predicted molar refractivity (Wildman–Crippen MR) is 105 cm³/mol. The van der Waals surface area contributed by atoms with Gasteiger partial charge in [0.05, 0.1) is 11.0 Å². The molecule has 0 unspecified atom stereocenters. The molecule has 0 amide bonds. The van der Waals surface area contributed by atoms with Crippen LogP contribution in [-0.4, -0.2) is 9.55 Å². The van der Waals surface area contributed by atoms with Gasteiger partial charge in [-0.15, -0.1) is 0 Å². The highest BCUT2D eigenvalue weighted by Gasteiger charge is 2.13. The van der Waals surface area contributed by atoms with Crippen molar-refractivity contribution >= 4 is 34.0 Å². The lowest BCUT2D eigenvalue weighted by Crippen LogP contribution is -1.94. The molecule has 0 aliphatic heterocycles. The summed E-state index contributed by atoms with van der Waals surface area (Å²) >= 11 is 0. The number of aromatic amines is 1. The van der Waals surface area contributed by atoms with Crippen molar-refractivity contribution in [3.8, 4) is 5.69 Å². The van der Waals surface area contributed by atoms with Crippen molar-refractivity contribution in [3.05, 3.63) is 78.1 Å². The van der Waals surface area contributed by atoms with Crippen molar-refractivity contribution in [3.63, 3.8) is 0 Å². The van der Waals surface area contributed by atoms with Crippen LogP contribution in [0.3, 0.4) is 0 Å². The van der Waals surface area contributed by atoms with Crippen LogP contribution in [-0.2, 0) is 0 Å². The monoisotopic (exact) mass is 312 g/mol. The molecule has 0 aliphatic carbocycles. The summed E-state index contributed by atoms with van der Waals surface area (Å²) in [5.74, 6) is 0. The second-order valence-corrected chi connectivity index (χ2v) is 6.05. The Morgan fingerprint density at radius 2 is 1.88 bits per heavy atom. The summed E-state index contributed by atoms with van der Waals surface area (Å²) in [6.45, 7) is 8.16. The minimum atomic E-state index is 1.11. The van der Waals surface area contributed by atoms with E-state index < -0.39 is 0 Å². The molecule has 2 nitrogen and oxygen atoms in total. The van der Waals surface area contributed by atoms with E-state index in [1.54, 1.807) is 0 Å². The largest absolute Gasteiger partial charge is 0.354 e. The van der Waals surface area contributed by atoms with Gasteiger partial charge in [-0.2, -0.15) is 0 Å². The van der Waals surface area contributed by atoms with E-state index in [0.717, 1.165) is 11.3 Å². The standard InChI is InChI=1S/C22H20N2/c1-4-8-19-16(5-2)17-11-12-21-18(22(17)23-19)13-14-24(21)20-10-7-6-9-15(20)3/h4-14,23H,2H2,1,3H3/b8-4-. The van der Waals surface area contributed by atoms with Crippen molar-refractivity contribution < 1.29 is 0 Å². The van der Waals surface area contributed by atoms with Gasteiger partial charge in [-0.3, -0.25) is 0 Å². The molecule has 1 N–H and O–H groups in total. The van der Waals surface area contributed by atoms with Crippen LogP contribution >= 0.6 is 0 Å². The molecule has 0 fully saturated rings. The van der Waals surface area contributed by atoms with Crippen molar-refractivity contribution in [2.45, 2.75) is 13.8 Å². The van der Waals surface area contributed by atoms with E-state index in [1.807, 2.05) is 19.1 Å². The number of fused-ring (bicyclic) bond motifs is 3. The molecule has 24 heavy (non-hydrogen) atoms. The topological polar surface area (TPSA) is 20.7 Å². The van der Waals surface area contributed by atoms with Gasteiger partial charge in [-0.05, 0) is 43.7 Å². The minimum absolute atomic E-state index is 1.11. The second kappa shape index (κ2) is 5.57. The molecule has 0 saturated heterocycles. The number of hydrogen-bond acceptors (Lipinski definition) is 0. The Balaban J connectivity index is 2.04. The van der Waals surface area contributed by atoms with Crippen LogP contribution in [0.25, 0.3) is 39.6 Å². The van der Waals surface area contributed by atoms with Crippen molar-refractivity contribution in [1.29, 1.82) is 0 Å². The van der Waals surface area contributed by atoms with Crippen LogP contribution in [0, 0.1) is 6.92 Å². The molecular formula is C22H20N2. The maximum absolute atomic E-state index is 3.98. The number of para-hydroxylation sites is 1. The lowest BCUT2D eigenvalue weighted by molar-refractivity contribution is 1.10. The van der Waals surface area contributed by atoms with E-state index in [9.17, 15) is 0 Å². The first-order chi connectivity index (χ1) is 11.7. The second-order valence-electron chi connectivity index (χ2n) is 6.05. The van der Waals surface area contributed by atoms with E-state index in [0.29, 0.717) is 0 Å². The quantitative estimate of drug-likeness (QED) is 0.472. The third kappa shape index (κ3) is 2.04. The summed E-state index contributed by atoms with van der Waals surface area (Å²) in [5, 5.41) is 2.45. The molecular weight excluding hydrogens is 292 g/mol. The molecule has 0 spiro atoms. The van der Waals surface area contributed by atoms with Crippen molar-refractivity contribution in [2.75, 3.05) is 0 Å². The first-order valence-electron chi connectivity index (χ1n) is 8.21. The number of nitrogens with one attached hydrogen (secondary N) is 1. The molecule has 0 radical (unpaired) electrons. The Bertz CT molecular complexity index is 1090. The van der Waals surface area contributed by atoms with Gasteiger partial charge < -0.3 is 9.55 Å². The van der Waals surface area contributed by atoms with Gasteiger partial charge in [0.2, 0.25) is 0 Å². The van der Waals surface area contributed by atoms with Gasteiger partial charge in [0, 0.05) is 33.9 Å². The Morgan fingerprint density at radius 1 is 1.04 bits per heavy atom. The van der Waals surface area contributed by atoms with Gasteiger partial charge in [-0.1, -0.05) is 43.0 Å². The first kappa shape index (κ1) is 14.6. The number of hydrogen-bond donors (Lipinski definition) is 1. The maximum atomic E-state index is 3.98. The molecule has 118 valence electrons. The molecule has 0 bridgehead atoms. The third-order valence-electron chi connectivity index (χ3n) is 4.62. The van der Waals surface area contributed by atoms with Crippen LogP contribution in [0.2, 0.25) is 0 Å². The summed E-state index contributed by atoms with van der Waals surface area (Å²) in [6.07, 6.45) is 8.23. The number of aromatic nitrogens is 2. The van der Waals surface area contributed by atoms with Gasteiger partial charge in [0.15, 0.2) is 0 Å². The highest BCUT2D eigenvalue weighted by molar-refractivity contribution is 6.09. The number of nitrogens with zero attached hydrogens (tertiary/aromatic N) is 1. The first-order valence-corrected chi connectivity index (χ1v) is 8.21. The molecule has 0 saturated carbocycles. The minimum Gasteiger partial charge on any atom is -0.354 e. The van der Waals surface area contributed by atoms with Crippen molar-refractivity contribution in [1.82, 2.24) is 9.55 Å². The van der Waals surface area contributed by atoms with Crippen LogP contribution in [0.4, 0.5) is 0 Å². The zero-order chi connectivity index (χ0) is 16.7. The lowest BCUT2D eigenvalue weighted by atomic mass is 10.1. The van der Waals surface area contributed by atoms with Gasteiger partial charge in [0.1, 0.15) is 0 Å². The summed E-state index contributed by atoms with van der Waals surface area (Å²) in [6, 6.07) is 15.0. The zero-order valence-corrected chi connectivity index (χ0v) is 14.0. The lowest BCUT2D eigenvalue weighted by Gasteiger charge is -2.09. The smallest absolute Gasteiger partial charge is 0.0560 e.